The number of benzene rings is 3. The molecule has 0 heterocycles. The molecule has 2 amide bonds. The zero-order valence-electron chi connectivity index (χ0n) is 15.5. The molecule has 1 N–H and O–H groups in total. The predicted molar refractivity (Wildman–Crippen MR) is 106 cm³/mol. The van der Waals surface area contributed by atoms with Crippen molar-refractivity contribution in [2.45, 2.75) is 6.61 Å². The molecule has 0 aliphatic heterocycles. The van der Waals surface area contributed by atoms with Crippen LogP contribution in [0.5, 0.6) is 5.75 Å². The molecule has 146 valence electrons. The van der Waals surface area contributed by atoms with Gasteiger partial charge in [0.25, 0.3) is 11.8 Å². The molecular weight excluding hydrogens is 370 g/mol. The molecule has 3 aromatic rings. The van der Waals surface area contributed by atoms with Crippen molar-refractivity contribution >= 4 is 17.8 Å². The Balaban J connectivity index is 1.45. The third kappa shape index (κ3) is 6.04. The van der Waals surface area contributed by atoms with Crippen molar-refractivity contribution < 1.29 is 23.9 Å². The van der Waals surface area contributed by atoms with Gasteiger partial charge in [-0.15, -0.1) is 0 Å². The first-order chi connectivity index (χ1) is 14.1. The number of esters is 1. The maximum absolute atomic E-state index is 12.1. The van der Waals surface area contributed by atoms with Crippen LogP contribution in [0.3, 0.4) is 0 Å². The van der Waals surface area contributed by atoms with E-state index < -0.39 is 24.4 Å². The van der Waals surface area contributed by atoms with Gasteiger partial charge in [-0.3, -0.25) is 14.9 Å². The molecule has 29 heavy (non-hydrogen) atoms. The van der Waals surface area contributed by atoms with Crippen LogP contribution in [0, 0.1) is 0 Å². The summed E-state index contributed by atoms with van der Waals surface area (Å²) in [6.45, 7) is -0.135. The average molecular weight is 389 g/mol. The van der Waals surface area contributed by atoms with E-state index in [-0.39, 0.29) is 5.56 Å². The first kappa shape index (κ1) is 19.8. The molecule has 6 heteroatoms. The van der Waals surface area contributed by atoms with Crippen LogP contribution < -0.4 is 10.1 Å². The van der Waals surface area contributed by atoms with Crippen LogP contribution in [-0.2, 0) is 16.1 Å². The lowest BCUT2D eigenvalue weighted by Gasteiger charge is -2.08. The fraction of sp³-hybridized carbons (Fsp3) is 0.0870. The standard InChI is InChI=1S/C23H19NO5/c25-21(24-22(26)18-9-5-2-6-10-18)16-29-23(27)19-11-13-20(14-12-19)28-15-17-7-3-1-4-8-17/h1-14H,15-16H2,(H,24,25,26). The van der Waals surface area contributed by atoms with Crippen molar-refractivity contribution in [3.8, 4) is 5.75 Å². The molecule has 6 nitrogen and oxygen atoms in total. The van der Waals surface area contributed by atoms with Gasteiger partial charge < -0.3 is 9.47 Å². The van der Waals surface area contributed by atoms with Gasteiger partial charge in [-0.2, -0.15) is 0 Å². The van der Waals surface area contributed by atoms with E-state index in [0.29, 0.717) is 17.9 Å². The molecule has 0 aliphatic rings. The summed E-state index contributed by atoms with van der Waals surface area (Å²) in [5.74, 6) is -1.31. The van der Waals surface area contributed by atoms with Gasteiger partial charge in [0, 0.05) is 5.56 Å². The van der Waals surface area contributed by atoms with Crippen LogP contribution in [0.25, 0.3) is 0 Å². The molecule has 0 radical (unpaired) electrons. The van der Waals surface area contributed by atoms with E-state index in [2.05, 4.69) is 5.32 Å². The Morgan fingerprint density at radius 2 is 1.34 bits per heavy atom. The third-order valence-electron chi connectivity index (χ3n) is 3.96. The van der Waals surface area contributed by atoms with Crippen LogP contribution in [0.2, 0.25) is 0 Å². The first-order valence-electron chi connectivity index (χ1n) is 8.95. The number of ether oxygens (including phenoxy) is 2. The Morgan fingerprint density at radius 1 is 0.724 bits per heavy atom. The molecule has 0 saturated heterocycles. The van der Waals surface area contributed by atoms with E-state index in [9.17, 15) is 14.4 Å². The smallest absolute Gasteiger partial charge is 0.338 e. The number of carbonyl (C=O) groups is 3. The predicted octanol–water partition coefficient (Wildman–Crippen LogP) is 3.38. The molecule has 0 saturated carbocycles. The number of amides is 2. The fourth-order valence-electron chi connectivity index (χ4n) is 2.47. The SMILES string of the molecule is O=C(COC(=O)c1ccc(OCc2ccccc2)cc1)NC(=O)c1ccccc1. The highest BCUT2D eigenvalue weighted by atomic mass is 16.5. The van der Waals surface area contributed by atoms with Gasteiger partial charge in [0.1, 0.15) is 12.4 Å². The molecule has 0 fully saturated rings. The Hall–Kier alpha value is -3.93. The second kappa shape index (κ2) is 9.85. The molecular formula is C23H19NO5. The number of hydrogen-bond acceptors (Lipinski definition) is 5. The summed E-state index contributed by atoms with van der Waals surface area (Å²) in [5, 5.41) is 2.17. The monoisotopic (exact) mass is 389 g/mol. The van der Waals surface area contributed by atoms with Gasteiger partial charge in [0.15, 0.2) is 6.61 Å². The highest BCUT2D eigenvalue weighted by Gasteiger charge is 2.13. The Labute approximate surface area is 168 Å². The summed E-state index contributed by atoms with van der Waals surface area (Å²) in [4.78, 5) is 35.8. The van der Waals surface area contributed by atoms with Crippen molar-refractivity contribution in [3.05, 3.63) is 102 Å². The maximum atomic E-state index is 12.1. The molecule has 0 atom stereocenters. The number of imide groups is 1. The van der Waals surface area contributed by atoms with Gasteiger partial charge in [-0.1, -0.05) is 48.5 Å². The van der Waals surface area contributed by atoms with Crippen LogP contribution in [-0.4, -0.2) is 24.4 Å². The minimum Gasteiger partial charge on any atom is -0.489 e. The lowest BCUT2D eigenvalue weighted by atomic mass is 10.2. The first-order valence-corrected chi connectivity index (χ1v) is 8.95. The van der Waals surface area contributed by atoms with Crippen molar-refractivity contribution in [2.75, 3.05) is 6.61 Å². The zero-order chi connectivity index (χ0) is 20.5. The topological polar surface area (TPSA) is 81.7 Å². The van der Waals surface area contributed by atoms with Crippen molar-refractivity contribution in [1.82, 2.24) is 5.32 Å². The number of rotatable bonds is 7. The summed E-state index contributed by atoms with van der Waals surface area (Å²) >= 11 is 0. The lowest BCUT2D eigenvalue weighted by Crippen LogP contribution is -2.34. The van der Waals surface area contributed by atoms with E-state index in [4.69, 9.17) is 9.47 Å². The van der Waals surface area contributed by atoms with E-state index >= 15 is 0 Å². The second-order valence-electron chi connectivity index (χ2n) is 6.12. The van der Waals surface area contributed by atoms with Crippen molar-refractivity contribution in [2.24, 2.45) is 0 Å². The fourth-order valence-corrected chi connectivity index (χ4v) is 2.47. The molecule has 3 rings (SSSR count). The minimum atomic E-state index is -0.699. The highest BCUT2D eigenvalue weighted by Crippen LogP contribution is 2.15. The van der Waals surface area contributed by atoms with Gasteiger partial charge in [0.05, 0.1) is 5.56 Å². The van der Waals surface area contributed by atoms with Crippen LogP contribution in [0.4, 0.5) is 0 Å². The van der Waals surface area contributed by atoms with Gasteiger partial charge in [0.2, 0.25) is 0 Å². The van der Waals surface area contributed by atoms with Crippen molar-refractivity contribution in [1.29, 1.82) is 0 Å². The summed E-state index contributed by atoms with van der Waals surface area (Å²) in [6, 6.07) is 24.4. The molecule has 0 aliphatic carbocycles. The normalized spacial score (nSPS) is 10.1. The third-order valence-corrected chi connectivity index (χ3v) is 3.96. The average Bonchev–Trinajstić information content (AvgIpc) is 2.77. The Morgan fingerprint density at radius 3 is 2.00 bits per heavy atom. The largest absolute Gasteiger partial charge is 0.489 e. The van der Waals surface area contributed by atoms with E-state index in [1.807, 2.05) is 30.3 Å². The number of hydrogen-bond donors (Lipinski definition) is 1. The lowest BCUT2D eigenvalue weighted by molar-refractivity contribution is -0.123. The van der Waals surface area contributed by atoms with Gasteiger partial charge in [-0.05, 0) is 42.0 Å². The molecule has 0 aromatic heterocycles. The summed E-state index contributed by atoms with van der Waals surface area (Å²) < 4.78 is 10.6. The zero-order valence-corrected chi connectivity index (χ0v) is 15.5. The Bertz CT molecular complexity index is 969. The minimum absolute atomic E-state index is 0.277. The highest BCUT2D eigenvalue weighted by molar-refractivity contribution is 6.05. The summed E-state index contributed by atoms with van der Waals surface area (Å²) in [7, 11) is 0. The van der Waals surface area contributed by atoms with Gasteiger partial charge >= 0.3 is 5.97 Å². The number of carbonyl (C=O) groups excluding carboxylic acids is 3. The molecule has 0 spiro atoms. The van der Waals surface area contributed by atoms with Crippen molar-refractivity contribution in [3.63, 3.8) is 0 Å². The van der Waals surface area contributed by atoms with Gasteiger partial charge in [-0.25, -0.2) is 4.79 Å². The number of nitrogens with one attached hydrogen (secondary N) is 1. The van der Waals surface area contributed by atoms with E-state index in [0.717, 1.165) is 5.56 Å². The van der Waals surface area contributed by atoms with Crippen LogP contribution in [0.1, 0.15) is 26.3 Å². The van der Waals surface area contributed by atoms with E-state index in [1.54, 1.807) is 54.6 Å². The molecule has 3 aromatic carbocycles. The Kier molecular flexibility index (Phi) is 6.73. The molecule has 0 bridgehead atoms. The van der Waals surface area contributed by atoms with E-state index in [1.165, 1.54) is 0 Å². The second-order valence-corrected chi connectivity index (χ2v) is 6.12. The summed E-state index contributed by atoms with van der Waals surface area (Å²) in [6.07, 6.45) is 0. The van der Waals surface area contributed by atoms with Crippen LogP contribution in [0.15, 0.2) is 84.9 Å². The summed E-state index contributed by atoms with van der Waals surface area (Å²) in [5.41, 5.74) is 1.66. The van der Waals surface area contributed by atoms with Crippen LogP contribution >= 0.6 is 0 Å². The molecule has 0 unspecified atom stereocenters. The quantitative estimate of drug-likeness (QED) is 0.627. The maximum Gasteiger partial charge on any atom is 0.338 e.